The third-order valence-electron chi connectivity index (χ3n) is 5.19. The molecule has 0 aliphatic heterocycles. The first-order valence-electron chi connectivity index (χ1n) is 10.2. The van der Waals surface area contributed by atoms with Crippen LogP contribution in [-0.4, -0.2) is 37.3 Å². The Hall–Kier alpha value is -3.29. The fourth-order valence-electron chi connectivity index (χ4n) is 3.77. The maximum Gasteiger partial charge on any atom is 0.265 e. The van der Waals surface area contributed by atoms with Crippen LogP contribution < -0.4 is 5.56 Å². The molecule has 0 saturated carbocycles. The van der Waals surface area contributed by atoms with Gasteiger partial charge in [0, 0.05) is 24.8 Å². The van der Waals surface area contributed by atoms with Gasteiger partial charge >= 0.3 is 0 Å². The zero-order chi connectivity index (χ0) is 21.4. The van der Waals surface area contributed by atoms with E-state index in [0.29, 0.717) is 47.0 Å². The molecular weight excluding hydrogens is 414 g/mol. The Bertz CT molecular complexity index is 1470. The molecule has 5 rings (SSSR count). The van der Waals surface area contributed by atoms with Gasteiger partial charge in [-0.05, 0) is 43.7 Å². The van der Waals surface area contributed by atoms with Crippen LogP contribution in [0.2, 0.25) is 5.02 Å². The number of nitrogens with zero attached hydrogens (tertiary/aromatic N) is 5. The number of halogens is 1. The van der Waals surface area contributed by atoms with Gasteiger partial charge in [0.05, 0.1) is 23.0 Å². The van der Waals surface area contributed by atoms with Crippen molar-refractivity contribution in [3.63, 3.8) is 0 Å². The Balaban J connectivity index is 1.81. The number of rotatable bonds is 6. The van der Waals surface area contributed by atoms with E-state index < -0.39 is 0 Å². The standard InChI is InChI=1S/C23H20ClN5O2/c1-2-31-12-6-11-28-14-25-21-19(23(28)30)20-22(27-18-10-4-3-9-17(18)26-20)29(21)16-8-5-7-15(24)13-16/h3-5,7-10,13-14H,2,6,11-12H2,1H3. The second-order valence-electron chi connectivity index (χ2n) is 7.19. The summed E-state index contributed by atoms with van der Waals surface area (Å²) in [7, 11) is 0. The van der Waals surface area contributed by atoms with Crippen LogP contribution in [0.5, 0.6) is 0 Å². The zero-order valence-electron chi connectivity index (χ0n) is 17.0. The molecule has 0 unspecified atom stereocenters. The van der Waals surface area contributed by atoms with Gasteiger partial charge in [0.15, 0.2) is 11.3 Å². The van der Waals surface area contributed by atoms with E-state index in [-0.39, 0.29) is 5.56 Å². The SMILES string of the molecule is CCOCCCn1cnc2c(c1=O)c1nc3ccccc3nc1n2-c1cccc(Cl)c1. The van der Waals surface area contributed by atoms with Crippen LogP contribution in [0.25, 0.3) is 38.9 Å². The Morgan fingerprint density at radius 2 is 1.84 bits per heavy atom. The fraction of sp³-hybridized carbons (Fsp3) is 0.217. The second kappa shape index (κ2) is 8.09. The van der Waals surface area contributed by atoms with Crippen molar-refractivity contribution in [3.8, 4) is 5.69 Å². The van der Waals surface area contributed by atoms with E-state index in [1.807, 2.05) is 54.0 Å². The number of fused-ring (bicyclic) bond motifs is 4. The molecule has 0 aliphatic rings. The highest BCUT2D eigenvalue weighted by Gasteiger charge is 2.20. The van der Waals surface area contributed by atoms with E-state index in [9.17, 15) is 4.79 Å². The summed E-state index contributed by atoms with van der Waals surface area (Å²) in [5.74, 6) is 0. The molecule has 3 aromatic heterocycles. The molecule has 8 heteroatoms. The average molecular weight is 434 g/mol. The first-order valence-corrected chi connectivity index (χ1v) is 10.5. The summed E-state index contributed by atoms with van der Waals surface area (Å²) in [6, 6.07) is 15.0. The van der Waals surface area contributed by atoms with Gasteiger partial charge in [-0.15, -0.1) is 0 Å². The van der Waals surface area contributed by atoms with Crippen LogP contribution in [0.1, 0.15) is 13.3 Å². The molecule has 0 saturated heterocycles. The number of ether oxygens (including phenoxy) is 1. The lowest BCUT2D eigenvalue weighted by molar-refractivity contribution is 0.141. The average Bonchev–Trinajstić information content (AvgIpc) is 3.10. The third kappa shape index (κ3) is 3.45. The minimum atomic E-state index is -0.142. The highest BCUT2D eigenvalue weighted by Crippen LogP contribution is 2.29. The molecule has 5 aromatic rings. The Labute approximate surface area is 182 Å². The van der Waals surface area contributed by atoms with Gasteiger partial charge < -0.3 is 4.74 Å². The summed E-state index contributed by atoms with van der Waals surface area (Å²) in [6.07, 6.45) is 2.30. The van der Waals surface area contributed by atoms with Crippen molar-refractivity contribution >= 4 is 44.8 Å². The minimum Gasteiger partial charge on any atom is -0.382 e. The van der Waals surface area contributed by atoms with Gasteiger partial charge in [0.2, 0.25) is 0 Å². The minimum absolute atomic E-state index is 0.142. The maximum atomic E-state index is 13.4. The Kier molecular flexibility index (Phi) is 5.13. The molecule has 31 heavy (non-hydrogen) atoms. The topological polar surface area (TPSA) is 74.8 Å². The Morgan fingerprint density at radius 1 is 1.03 bits per heavy atom. The first kappa shape index (κ1) is 19.7. The first-order chi connectivity index (χ1) is 15.2. The van der Waals surface area contributed by atoms with Crippen LogP contribution >= 0.6 is 11.6 Å². The van der Waals surface area contributed by atoms with Crippen molar-refractivity contribution in [2.75, 3.05) is 13.2 Å². The molecule has 0 bridgehead atoms. The van der Waals surface area contributed by atoms with E-state index in [1.54, 1.807) is 17.0 Å². The predicted octanol–water partition coefficient (Wildman–Crippen LogP) is 4.36. The van der Waals surface area contributed by atoms with E-state index in [4.69, 9.17) is 26.3 Å². The van der Waals surface area contributed by atoms with Gasteiger partial charge in [-0.1, -0.05) is 29.8 Å². The number of aromatic nitrogens is 5. The highest BCUT2D eigenvalue weighted by molar-refractivity contribution is 6.30. The molecule has 2 aromatic carbocycles. The molecule has 0 atom stereocenters. The molecule has 0 amide bonds. The van der Waals surface area contributed by atoms with Gasteiger partial charge in [-0.25, -0.2) is 15.0 Å². The maximum absolute atomic E-state index is 13.4. The predicted molar refractivity (Wildman–Crippen MR) is 122 cm³/mol. The number of aryl methyl sites for hydroxylation is 1. The van der Waals surface area contributed by atoms with Crippen molar-refractivity contribution in [1.82, 2.24) is 24.1 Å². The van der Waals surface area contributed by atoms with Crippen molar-refractivity contribution in [2.45, 2.75) is 19.9 Å². The number of benzene rings is 2. The molecule has 3 heterocycles. The van der Waals surface area contributed by atoms with Crippen LogP contribution in [0.15, 0.2) is 59.7 Å². The van der Waals surface area contributed by atoms with E-state index in [1.165, 1.54) is 0 Å². The summed E-state index contributed by atoms with van der Waals surface area (Å²) >= 11 is 6.25. The van der Waals surface area contributed by atoms with Crippen molar-refractivity contribution in [1.29, 1.82) is 0 Å². The van der Waals surface area contributed by atoms with Gasteiger partial charge in [-0.3, -0.25) is 13.9 Å². The largest absolute Gasteiger partial charge is 0.382 e. The van der Waals surface area contributed by atoms with E-state index in [2.05, 4.69) is 4.98 Å². The van der Waals surface area contributed by atoms with Crippen LogP contribution in [0.3, 0.4) is 0 Å². The van der Waals surface area contributed by atoms with Crippen LogP contribution in [-0.2, 0) is 11.3 Å². The molecule has 0 N–H and O–H groups in total. The smallest absolute Gasteiger partial charge is 0.265 e. The van der Waals surface area contributed by atoms with Crippen LogP contribution in [0.4, 0.5) is 0 Å². The van der Waals surface area contributed by atoms with Crippen molar-refractivity contribution in [2.24, 2.45) is 0 Å². The van der Waals surface area contributed by atoms with E-state index >= 15 is 0 Å². The molecule has 0 aliphatic carbocycles. The molecule has 0 radical (unpaired) electrons. The lowest BCUT2D eigenvalue weighted by Crippen LogP contribution is -2.21. The quantitative estimate of drug-likeness (QED) is 0.372. The Morgan fingerprint density at radius 3 is 2.61 bits per heavy atom. The number of hydrogen-bond donors (Lipinski definition) is 0. The van der Waals surface area contributed by atoms with Crippen molar-refractivity contribution in [3.05, 3.63) is 70.2 Å². The lowest BCUT2D eigenvalue weighted by Gasteiger charge is -2.08. The number of para-hydroxylation sites is 2. The third-order valence-corrected chi connectivity index (χ3v) is 5.42. The highest BCUT2D eigenvalue weighted by atomic mass is 35.5. The van der Waals surface area contributed by atoms with Gasteiger partial charge in [-0.2, -0.15) is 0 Å². The zero-order valence-corrected chi connectivity index (χ0v) is 17.7. The summed E-state index contributed by atoms with van der Waals surface area (Å²) in [5, 5.41) is 1.04. The number of hydrogen-bond acceptors (Lipinski definition) is 5. The summed E-state index contributed by atoms with van der Waals surface area (Å²) in [6.45, 7) is 3.72. The molecule has 0 fully saturated rings. The van der Waals surface area contributed by atoms with Crippen molar-refractivity contribution < 1.29 is 4.74 Å². The summed E-state index contributed by atoms with van der Waals surface area (Å²) in [4.78, 5) is 27.7. The normalized spacial score (nSPS) is 11.7. The molecule has 7 nitrogen and oxygen atoms in total. The molecule has 156 valence electrons. The molecule has 0 spiro atoms. The van der Waals surface area contributed by atoms with E-state index in [0.717, 1.165) is 23.1 Å². The van der Waals surface area contributed by atoms with Gasteiger partial charge in [0.25, 0.3) is 5.56 Å². The van der Waals surface area contributed by atoms with Gasteiger partial charge in [0.1, 0.15) is 10.9 Å². The lowest BCUT2D eigenvalue weighted by atomic mass is 10.3. The summed E-state index contributed by atoms with van der Waals surface area (Å²) < 4.78 is 8.86. The monoisotopic (exact) mass is 433 g/mol. The second-order valence-corrected chi connectivity index (χ2v) is 7.63. The van der Waals surface area contributed by atoms with Crippen LogP contribution in [0, 0.1) is 0 Å². The summed E-state index contributed by atoms with van der Waals surface area (Å²) in [5.41, 5.74) is 3.73. The molecular formula is C23H20ClN5O2. The fourth-order valence-corrected chi connectivity index (χ4v) is 3.96.